The van der Waals surface area contributed by atoms with Crippen LogP contribution in [0.25, 0.3) is 22.3 Å². The molecule has 0 unspecified atom stereocenters. The van der Waals surface area contributed by atoms with Gasteiger partial charge in [-0.3, -0.25) is 0 Å². The van der Waals surface area contributed by atoms with Gasteiger partial charge < -0.3 is 14.7 Å². The molecule has 0 N–H and O–H groups in total. The number of hydrogen-bond acceptors (Lipinski definition) is 4. The molecule has 0 spiro atoms. The van der Waals surface area contributed by atoms with Crippen LogP contribution in [0, 0.1) is 12.1 Å². The molecule has 0 saturated heterocycles. The number of benzene rings is 2. The zero-order valence-corrected chi connectivity index (χ0v) is 12.7. The van der Waals surface area contributed by atoms with Gasteiger partial charge in [0.1, 0.15) is 5.69 Å². The molecule has 0 atom stereocenters. The summed E-state index contributed by atoms with van der Waals surface area (Å²) in [5.41, 5.74) is 2.04. The Morgan fingerprint density at radius 1 is 1.00 bits per heavy atom. The summed E-state index contributed by atoms with van der Waals surface area (Å²) < 4.78 is 11.5. The number of aromatic nitrogens is 2. The van der Waals surface area contributed by atoms with Crippen LogP contribution in [0.15, 0.2) is 42.5 Å². The lowest BCUT2D eigenvalue weighted by atomic mass is 10.1. The van der Waals surface area contributed by atoms with Crippen LogP contribution in [-0.4, -0.2) is 19.2 Å². The van der Waals surface area contributed by atoms with Gasteiger partial charge in [0.2, 0.25) is 0 Å². The van der Waals surface area contributed by atoms with E-state index in [4.69, 9.17) is 9.47 Å². The van der Waals surface area contributed by atoms with E-state index < -0.39 is 0 Å². The van der Waals surface area contributed by atoms with E-state index in [0.717, 1.165) is 15.7 Å². The third-order valence-corrected chi connectivity index (χ3v) is 3.65. The summed E-state index contributed by atoms with van der Waals surface area (Å²) in [5.74, 6) is 1.54. The molecule has 1 heterocycles. The number of hydrogen-bond donors (Lipinski definition) is 0. The van der Waals surface area contributed by atoms with Crippen molar-refractivity contribution >= 4 is 10.9 Å². The van der Waals surface area contributed by atoms with Crippen molar-refractivity contribution in [1.82, 2.24) is 4.98 Å². The van der Waals surface area contributed by atoms with E-state index in [-0.39, 0.29) is 0 Å². The third-order valence-electron chi connectivity index (χ3n) is 3.65. The maximum atomic E-state index is 12.5. The molecule has 0 amide bonds. The van der Waals surface area contributed by atoms with E-state index in [1.165, 1.54) is 0 Å². The second-order valence-corrected chi connectivity index (χ2v) is 4.91. The first kappa shape index (κ1) is 14.1. The molecule has 3 aromatic rings. The van der Waals surface area contributed by atoms with Crippen LogP contribution in [-0.2, 0) is 0 Å². The minimum Gasteiger partial charge on any atom is -0.710 e. The van der Waals surface area contributed by atoms with Gasteiger partial charge in [-0.05, 0) is 30.1 Å². The number of fused-ring (bicyclic) bond motifs is 1. The fourth-order valence-corrected chi connectivity index (χ4v) is 2.45. The van der Waals surface area contributed by atoms with Crippen LogP contribution < -0.4 is 14.2 Å². The molecule has 3 rings (SSSR count). The van der Waals surface area contributed by atoms with Crippen LogP contribution in [0.2, 0.25) is 0 Å². The Kier molecular flexibility index (Phi) is 3.55. The lowest BCUT2D eigenvalue weighted by molar-refractivity contribution is -0.601. The molecular formula is C17H16N2O3. The Bertz CT molecular complexity index is 832. The molecule has 112 valence electrons. The molecule has 2 aromatic carbocycles. The van der Waals surface area contributed by atoms with Gasteiger partial charge >= 0.3 is 5.82 Å². The zero-order valence-electron chi connectivity index (χ0n) is 12.7. The van der Waals surface area contributed by atoms with Gasteiger partial charge in [0.25, 0.3) is 0 Å². The summed E-state index contributed by atoms with van der Waals surface area (Å²) in [6.45, 7) is 1.77. The average Bonchev–Trinajstić information content (AvgIpc) is 2.57. The smallest absolute Gasteiger partial charge is 0.334 e. The van der Waals surface area contributed by atoms with Gasteiger partial charge in [0.15, 0.2) is 17.0 Å². The molecule has 0 aliphatic carbocycles. The maximum absolute atomic E-state index is 12.5. The molecule has 22 heavy (non-hydrogen) atoms. The molecule has 0 aliphatic rings. The predicted octanol–water partition coefficient (Wildman–Crippen LogP) is 2.86. The second-order valence-electron chi connectivity index (χ2n) is 4.91. The van der Waals surface area contributed by atoms with Crippen LogP contribution in [0.1, 0.15) is 5.69 Å². The highest BCUT2D eigenvalue weighted by Gasteiger charge is 2.20. The van der Waals surface area contributed by atoms with Gasteiger partial charge in [-0.1, -0.05) is 18.2 Å². The summed E-state index contributed by atoms with van der Waals surface area (Å²) >= 11 is 0. The summed E-state index contributed by atoms with van der Waals surface area (Å²) in [6, 6.07) is 13.0. The van der Waals surface area contributed by atoms with Crippen LogP contribution >= 0.6 is 0 Å². The van der Waals surface area contributed by atoms with Crippen molar-refractivity contribution in [2.24, 2.45) is 0 Å². The van der Waals surface area contributed by atoms with Crippen molar-refractivity contribution in [2.45, 2.75) is 6.92 Å². The number of ether oxygens (including phenoxy) is 2. The van der Waals surface area contributed by atoms with Crippen LogP contribution in [0.4, 0.5) is 0 Å². The summed E-state index contributed by atoms with van der Waals surface area (Å²) in [7, 11) is 3.14. The average molecular weight is 296 g/mol. The van der Waals surface area contributed by atoms with E-state index in [1.54, 1.807) is 33.3 Å². The van der Waals surface area contributed by atoms with Gasteiger partial charge in [0.05, 0.1) is 25.2 Å². The molecular weight excluding hydrogens is 280 g/mol. The van der Waals surface area contributed by atoms with Crippen molar-refractivity contribution in [1.29, 1.82) is 0 Å². The SMILES string of the molecule is COc1cc2nc(-c3ccccc3)[n+]([O-])c(C)c2cc1OC. The Labute approximate surface area is 128 Å². The first-order valence-corrected chi connectivity index (χ1v) is 6.87. The Balaban J connectivity index is 2.32. The lowest BCUT2D eigenvalue weighted by Gasteiger charge is -2.13. The van der Waals surface area contributed by atoms with E-state index in [1.807, 2.05) is 30.3 Å². The van der Waals surface area contributed by atoms with Gasteiger partial charge in [-0.15, -0.1) is 0 Å². The number of aryl methyl sites for hydroxylation is 1. The highest BCUT2D eigenvalue weighted by Crippen LogP contribution is 2.32. The molecule has 5 nitrogen and oxygen atoms in total. The molecule has 0 radical (unpaired) electrons. The maximum Gasteiger partial charge on any atom is 0.334 e. The van der Waals surface area contributed by atoms with Crippen molar-refractivity contribution < 1.29 is 14.2 Å². The van der Waals surface area contributed by atoms with E-state index in [2.05, 4.69) is 4.98 Å². The van der Waals surface area contributed by atoms with Crippen LogP contribution in [0.3, 0.4) is 0 Å². The van der Waals surface area contributed by atoms with Crippen molar-refractivity contribution in [3.05, 3.63) is 53.4 Å². The fraction of sp³-hybridized carbons (Fsp3) is 0.176. The highest BCUT2D eigenvalue weighted by atomic mass is 16.5. The van der Waals surface area contributed by atoms with Crippen molar-refractivity contribution in [2.75, 3.05) is 14.2 Å². The number of rotatable bonds is 3. The molecule has 0 saturated carbocycles. The Morgan fingerprint density at radius 3 is 2.27 bits per heavy atom. The quantitative estimate of drug-likeness (QED) is 0.551. The third kappa shape index (κ3) is 2.20. The number of methoxy groups -OCH3 is 2. The molecule has 1 aromatic heterocycles. The fourth-order valence-electron chi connectivity index (χ4n) is 2.45. The summed E-state index contributed by atoms with van der Waals surface area (Å²) in [6.07, 6.45) is 0. The monoisotopic (exact) mass is 296 g/mol. The Morgan fingerprint density at radius 2 is 1.64 bits per heavy atom. The van der Waals surface area contributed by atoms with Gasteiger partial charge in [-0.25, -0.2) is 4.73 Å². The van der Waals surface area contributed by atoms with Crippen molar-refractivity contribution in [3.8, 4) is 22.9 Å². The van der Waals surface area contributed by atoms with E-state index in [0.29, 0.717) is 28.5 Å². The van der Waals surface area contributed by atoms with E-state index in [9.17, 15) is 5.21 Å². The van der Waals surface area contributed by atoms with Gasteiger partial charge in [-0.2, -0.15) is 0 Å². The summed E-state index contributed by atoms with van der Waals surface area (Å²) in [4.78, 5) is 4.50. The molecule has 5 heteroatoms. The minimum absolute atomic E-state index is 0.373. The Hall–Kier alpha value is -2.82. The topological polar surface area (TPSA) is 58.3 Å². The predicted molar refractivity (Wildman–Crippen MR) is 84.0 cm³/mol. The minimum atomic E-state index is 0.373. The molecule has 0 bridgehead atoms. The first-order chi connectivity index (χ1) is 10.7. The molecule has 0 aliphatic heterocycles. The largest absolute Gasteiger partial charge is 0.710 e. The summed E-state index contributed by atoms with van der Waals surface area (Å²) in [5, 5.41) is 13.3. The first-order valence-electron chi connectivity index (χ1n) is 6.87. The van der Waals surface area contributed by atoms with Crippen LogP contribution in [0.5, 0.6) is 11.5 Å². The normalized spacial score (nSPS) is 10.7. The second kappa shape index (κ2) is 5.52. The highest BCUT2D eigenvalue weighted by molar-refractivity contribution is 5.85. The lowest BCUT2D eigenvalue weighted by Crippen LogP contribution is -2.34. The standard InChI is InChI=1S/C17H16N2O3/c1-11-13-9-15(21-2)16(22-3)10-14(13)18-17(19(11)20)12-7-5-4-6-8-12/h4-10H,1-3H3. The van der Waals surface area contributed by atoms with Gasteiger partial charge in [0, 0.05) is 6.07 Å². The zero-order chi connectivity index (χ0) is 15.7. The molecule has 0 fully saturated rings. The van der Waals surface area contributed by atoms with E-state index >= 15 is 0 Å². The van der Waals surface area contributed by atoms with Crippen molar-refractivity contribution in [3.63, 3.8) is 0 Å². The number of nitrogens with zero attached hydrogens (tertiary/aromatic N) is 2.